The topological polar surface area (TPSA) is 48.4 Å². The Kier molecular flexibility index (Phi) is 4.37. The normalized spacial score (nSPS) is 10.5. The molecule has 0 atom stereocenters. The molecule has 0 fully saturated rings. The third kappa shape index (κ3) is 2.87. The zero-order valence-corrected chi connectivity index (χ0v) is 12.4. The first-order chi connectivity index (χ1) is 9.17. The molecule has 1 heterocycles. The van der Waals surface area contributed by atoms with Crippen molar-refractivity contribution in [1.82, 2.24) is 4.98 Å². The number of fused-ring (bicyclic) bond motifs is 1. The third-order valence-corrected chi connectivity index (χ3v) is 3.51. The summed E-state index contributed by atoms with van der Waals surface area (Å²) in [5.74, 6) is 0.347. The van der Waals surface area contributed by atoms with E-state index in [1.807, 2.05) is 25.1 Å². The van der Waals surface area contributed by atoms with Gasteiger partial charge in [-0.3, -0.25) is 4.98 Å². The van der Waals surface area contributed by atoms with Crippen molar-refractivity contribution in [1.29, 1.82) is 0 Å². The van der Waals surface area contributed by atoms with E-state index in [0.29, 0.717) is 16.6 Å². The van der Waals surface area contributed by atoms with E-state index in [0.717, 1.165) is 23.1 Å². The van der Waals surface area contributed by atoms with Crippen molar-refractivity contribution < 1.29 is 14.3 Å². The summed E-state index contributed by atoms with van der Waals surface area (Å²) in [4.78, 5) is 15.9. The molecule has 2 aromatic rings. The highest BCUT2D eigenvalue weighted by Crippen LogP contribution is 2.29. The van der Waals surface area contributed by atoms with E-state index in [-0.39, 0.29) is 0 Å². The number of aromatic nitrogens is 1. The molecule has 4 nitrogen and oxygen atoms in total. The molecule has 0 bridgehead atoms. The number of benzene rings is 1. The monoisotopic (exact) mass is 323 g/mol. The van der Waals surface area contributed by atoms with E-state index in [4.69, 9.17) is 9.47 Å². The molecule has 0 saturated heterocycles. The molecule has 19 heavy (non-hydrogen) atoms. The maximum Gasteiger partial charge on any atom is 0.340 e. The standard InChI is InChI=1S/C14H14BrNO3/c1-3-6-19-9-4-5-12-10(7-9)13(15)11(8-16-12)14(17)18-2/h4-5,7-8H,3,6H2,1-2H3. The molecule has 0 aliphatic rings. The van der Waals surface area contributed by atoms with E-state index in [1.165, 1.54) is 13.3 Å². The smallest absolute Gasteiger partial charge is 0.340 e. The Balaban J connectivity index is 2.49. The highest BCUT2D eigenvalue weighted by Gasteiger charge is 2.14. The predicted molar refractivity (Wildman–Crippen MR) is 76.6 cm³/mol. The van der Waals surface area contributed by atoms with Crippen molar-refractivity contribution in [2.45, 2.75) is 13.3 Å². The van der Waals surface area contributed by atoms with Crippen molar-refractivity contribution in [3.63, 3.8) is 0 Å². The number of rotatable bonds is 4. The van der Waals surface area contributed by atoms with Crippen molar-refractivity contribution >= 4 is 32.8 Å². The summed E-state index contributed by atoms with van der Waals surface area (Å²) in [7, 11) is 1.35. The molecule has 0 aliphatic carbocycles. The van der Waals surface area contributed by atoms with Gasteiger partial charge < -0.3 is 9.47 Å². The van der Waals surface area contributed by atoms with E-state index in [2.05, 4.69) is 20.9 Å². The number of methoxy groups -OCH3 is 1. The number of carbonyl (C=O) groups excluding carboxylic acids is 1. The minimum atomic E-state index is -0.416. The number of hydrogen-bond acceptors (Lipinski definition) is 4. The first kappa shape index (κ1) is 13.8. The number of carbonyl (C=O) groups is 1. The zero-order valence-electron chi connectivity index (χ0n) is 10.8. The van der Waals surface area contributed by atoms with Gasteiger partial charge in [-0.25, -0.2) is 4.79 Å². The van der Waals surface area contributed by atoms with Crippen molar-refractivity contribution in [3.8, 4) is 5.75 Å². The van der Waals surface area contributed by atoms with E-state index in [1.54, 1.807) is 0 Å². The molecule has 100 valence electrons. The number of hydrogen-bond donors (Lipinski definition) is 0. The van der Waals surface area contributed by atoms with E-state index in [9.17, 15) is 4.79 Å². The molecule has 1 aromatic heterocycles. The molecule has 0 unspecified atom stereocenters. The third-order valence-electron chi connectivity index (χ3n) is 2.65. The average molecular weight is 324 g/mol. The van der Waals surface area contributed by atoms with Gasteiger partial charge in [0.25, 0.3) is 0 Å². The molecule has 1 aromatic carbocycles. The summed E-state index contributed by atoms with van der Waals surface area (Å²) in [6, 6.07) is 5.61. The second-order valence-electron chi connectivity index (χ2n) is 4.00. The first-order valence-electron chi connectivity index (χ1n) is 5.96. The van der Waals surface area contributed by atoms with Gasteiger partial charge in [0.1, 0.15) is 5.75 Å². The molecule has 0 saturated carbocycles. The highest BCUT2D eigenvalue weighted by molar-refractivity contribution is 9.10. The number of esters is 1. The lowest BCUT2D eigenvalue weighted by atomic mass is 10.1. The van der Waals surface area contributed by atoms with Gasteiger partial charge in [0.05, 0.1) is 24.8 Å². The van der Waals surface area contributed by atoms with Gasteiger partial charge in [-0.05, 0) is 40.5 Å². The van der Waals surface area contributed by atoms with Gasteiger partial charge in [0.2, 0.25) is 0 Å². The van der Waals surface area contributed by atoms with Gasteiger partial charge >= 0.3 is 5.97 Å². The van der Waals surface area contributed by atoms with Crippen LogP contribution in [0.5, 0.6) is 5.75 Å². The van der Waals surface area contributed by atoms with Crippen LogP contribution in [0.3, 0.4) is 0 Å². The SMILES string of the molecule is CCCOc1ccc2ncc(C(=O)OC)c(Br)c2c1. The minimum Gasteiger partial charge on any atom is -0.494 e. The van der Waals surface area contributed by atoms with Crippen LogP contribution < -0.4 is 4.74 Å². The zero-order chi connectivity index (χ0) is 13.8. The molecule has 5 heteroatoms. The molecular formula is C14H14BrNO3. The summed E-state index contributed by atoms with van der Waals surface area (Å²) in [5.41, 5.74) is 1.20. The maximum absolute atomic E-state index is 11.6. The molecule has 0 spiro atoms. The summed E-state index contributed by atoms with van der Waals surface area (Å²) in [6.07, 6.45) is 2.45. The Morgan fingerprint density at radius 2 is 2.21 bits per heavy atom. The lowest BCUT2D eigenvalue weighted by Crippen LogP contribution is -2.03. The predicted octanol–water partition coefficient (Wildman–Crippen LogP) is 3.57. The van der Waals surface area contributed by atoms with Gasteiger partial charge in [0, 0.05) is 16.1 Å². The Bertz CT molecular complexity index is 613. The first-order valence-corrected chi connectivity index (χ1v) is 6.76. The lowest BCUT2D eigenvalue weighted by molar-refractivity contribution is 0.0599. The number of ether oxygens (including phenoxy) is 2. The van der Waals surface area contributed by atoms with Crippen molar-refractivity contribution in [3.05, 3.63) is 34.4 Å². The Morgan fingerprint density at radius 1 is 1.42 bits per heavy atom. The number of nitrogens with zero attached hydrogens (tertiary/aromatic N) is 1. The van der Waals surface area contributed by atoms with Crippen LogP contribution in [0.2, 0.25) is 0 Å². The van der Waals surface area contributed by atoms with Crippen molar-refractivity contribution in [2.24, 2.45) is 0 Å². The Labute approximate surface area is 119 Å². The fourth-order valence-corrected chi connectivity index (χ4v) is 2.28. The summed E-state index contributed by atoms with van der Waals surface area (Å²) in [6.45, 7) is 2.71. The van der Waals surface area contributed by atoms with Crippen LogP contribution in [-0.2, 0) is 4.74 Å². The summed E-state index contributed by atoms with van der Waals surface area (Å²) >= 11 is 3.43. The molecular weight excluding hydrogens is 310 g/mol. The molecule has 2 rings (SSSR count). The largest absolute Gasteiger partial charge is 0.494 e. The second kappa shape index (κ2) is 6.02. The highest BCUT2D eigenvalue weighted by atomic mass is 79.9. The average Bonchev–Trinajstić information content (AvgIpc) is 2.45. The Morgan fingerprint density at radius 3 is 2.89 bits per heavy atom. The Hall–Kier alpha value is -1.62. The van der Waals surface area contributed by atoms with Crippen LogP contribution in [-0.4, -0.2) is 24.7 Å². The van der Waals surface area contributed by atoms with Gasteiger partial charge in [-0.2, -0.15) is 0 Å². The van der Waals surface area contributed by atoms with E-state index >= 15 is 0 Å². The van der Waals surface area contributed by atoms with Gasteiger partial charge in [-0.1, -0.05) is 6.92 Å². The quantitative estimate of drug-likeness (QED) is 0.807. The van der Waals surface area contributed by atoms with Crippen LogP contribution in [0, 0.1) is 0 Å². The molecule has 0 N–H and O–H groups in total. The van der Waals surface area contributed by atoms with Crippen LogP contribution in [0.1, 0.15) is 23.7 Å². The number of pyridine rings is 1. The molecule has 0 radical (unpaired) electrons. The fourth-order valence-electron chi connectivity index (χ4n) is 1.70. The van der Waals surface area contributed by atoms with Gasteiger partial charge in [-0.15, -0.1) is 0 Å². The molecule has 0 amide bonds. The maximum atomic E-state index is 11.6. The number of halogens is 1. The van der Waals surface area contributed by atoms with Crippen molar-refractivity contribution in [2.75, 3.05) is 13.7 Å². The second-order valence-corrected chi connectivity index (χ2v) is 4.80. The molecule has 0 aliphatic heterocycles. The van der Waals surface area contributed by atoms with Crippen LogP contribution >= 0.6 is 15.9 Å². The van der Waals surface area contributed by atoms with Crippen LogP contribution in [0.15, 0.2) is 28.9 Å². The van der Waals surface area contributed by atoms with E-state index < -0.39 is 5.97 Å². The lowest BCUT2D eigenvalue weighted by Gasteiger charge is -2.08. The summed E-state index contributed by atoms with van der Waals surface area (Å²) < 4.78 is 11.0. The fraction of sp³-hybridized carbons (Fsp3) is 0.286. The minimum absolute atomic E-state index is 0.405. The summed E-state index contributed by atoms with van der Waals surface area (Å²) in [5, 5.41) is 0.830. The van der Waals surface area contributed by atoms with Crippen LogP contribution in [0.25, 0.3) is 10.9 Å². The van der Waals surface area contributed by atoms with Crippen LogP contribution in [0.4, 0.5) is 0 Å². The van der Waals surface area contributed by atoms with Gasteiger partial charge in [0.15, 0.2) is 0 Å².